The molecule has 5 rings (SSSR count). The Labute approximate surface area is 182 Å². The summed E-state index contributed by atoms with van der Waals surface area (Å²) in [5.41, 5.74) is 1.85. The smallest absolute Gasteiger partial charge is 0.341 e. The van der Waals surface area contributed by atoms with Crippen molar-refractivity contribution < 1.29 is 18.7 Å². The van der Waals surface area contributed by atoms with Gasteiger partial charge < -0.3 is 14.5 Å². The summed E-state index contributed by atoms with van der Waals surface area (Å²) in [5, 5.41) is 14.3. The number of rotatable bonds is 3. The van der Waals surface area contributed by atoms with Gasteiger partial charge in [-0.1, -0.05) is 30.3 Å². The monoisotopic (exact) mass is 432 g/mol. The van der Waals surface area contributed by atoms with Crippen molar-refractivity contribution in [2.75, 3.05) is 12.4 Å². The molecular weight excluding hydrogens is 412 g/mol. The lowest BCUT2D eigenvalue weighted by Crippen LogP contribution is -2.21. The summed E-state index contributed by atoms with van der Waals surface area (Å²) in [5.74, 6) is -0.928. The van der Waals surface area contributed by atoms with E-state index >= 15 is 0 Å². The van der Waals surface area contributed by atoms with Gasteiger partial charge in [0.25, 0.3) is 5.91 Å². The zero-order valence-corrected chi connectivity index (χ0v) is 17.7. The predicted molar refractivity (Wildman–Crippen MR) is 120 cm³/mol. The fourth-order valence-electron chi connectivity index (χ4n) is 4.20. The van der Waals surface area contributed by atoms with Crippen LogP contribution in [-0.4, -0.2) is 19.0 Å². The summed E-state index contributed by atoms with van der Waals surface area (Å²) in [6.45, 7) is 0. The summed E-state index contributed by atoms with van der Waals surface area (Å²) in [6, 6.07) is 13.2. The average molecular weight is 433 g/mol. The maximum atomic E-state index is 13.2. The number of amides is 1. The highest BCUT2D eigenvalue weighted by molar-refractivity contribution is 7.17. The predicted octanol–water partition coefficient (Wildman–Crippen LogP) is 5.04. The van der Waals surface area contributed by atoms with E-state index < -0.39 is 11.9 Å². The Kier molecular flexibility index (Phi) is 4.82. The molecular formula is C24H20N2O4S. The van der Waals surface area contributed by atoms with Gasteiger partial charge in [0.15, 0.2) is 0 Å². The van der Waals surface area contributed by atoms with E-state index in [1.165, 1.54) is 18.4 Å². The SMILES string of the molecule is COC(=O)c1c(NC(=O)c2cc3c(ccc4ccccc43)oc2=N)sc2c1CCCC2. The van der Waals surface area contributed by atoms with Crippen LogP contribution in [0.25, 0.3) is 21.7 Å². The molecule has 156 valence electrons. The first kappa shape index (κ1) is 19.5. The number of thiophene rings is 1. The molecule has 4 aromatic rings. The lowest BCUT2D eigenvalue weighted by molar-refractivity contribution is 0.0601. The quantitative estimate of drug-likeness (QED) is 0.350. The lowest BCUT2D eigenvalue weighted by Gasteiger charge is -2.12. The van der Waals surface area contributed by atoms with Gasteiger partial charge in [0.05, 0.1) is 12.7 Å². The second-order valence-electron chi connectivity index (χ2n) is 7.55. The van der Waals surface area contributed by atoms with E-state index in [4.69, 9.17) is 14.6 Å². The molecule has 31 heavy (non-hydrogen) atoms. The molecule has 2 heterocycles. The Balaban J connectivity index is 1.59. The molecule has 0 radical (unpaired) electrons. The third-order valence-electron chi connectivity index (χ3n) is 5.71. The molecule has 2 N–H and O–H groups in total. The van der Waals surface area contributed by atoms with Gasteiger partial charge in [0, 0.05) is 10.3 Å². The molecule has 2 aromatic heterocycles. The van der Waals surface area contributed by atoms with E-state index in [0.29, 0.717) is 16.1 Å². The molecule has 6 nitrogen and oxygen atoms in total. The standard InChI is InChI=1S/C24H20N2O4S/c1-29-24(28)20-15-8-4-5-9-19(15)31-23(20)26-22(27)17-12-16-14-7-3-2-6-13(14)10-11-18(16)30-21(17)25/h2-3,6-7,10-12,25H,4-5,8-9H2,1H3,(H,26,27). The molecule has 1 amide bonds. The fraction of sp³-hybridized carbons (Fsp3) is 0.208. The van der Waals surface area contributed by atoms with Crippen LogP contribution in [0.2, 0.25) is 0 Å². The van der Waals surface area contributed by atoms with Crippen LogP contribution in [0.1, 0.15) is 44.0 Å². The summed E-state index contributed by atoms with van der Waals surface area (Å²) in [4.78, 5) is 26.7. The van der Waals surface area contributed by atoms with Crippen LogP contribution in [0, 0.1) is 5.41 Å². The van der Waals surface area contributed by atoms with E-state index in [0.717, 1.165) is 52.3 Å². The maximum Gasteiger partial charge on any atom is 0.341 e. The first-order valence-corrected chi connectivity index (χ1v) is 10.9. The zero-order chi connectivity index (χ0) is 21.5. The van der Waals surface area contributed by atoms with Crippen LogP contribution in [0.5, 0.6) is 0 Å². The van der Waals surface area contributed by atoms with E-state index in [-0.39, 0.29) is 11.1 Å². The number of nitrogens with one attached hydrogen (secondary N) is 2. The van der Waals surface area contributed by atoms with Gasteiger partial charge in [0.2, 0.25) is 5.55 Å². The molecule has 0 unspecified atom stereocenters. The van der Waals surface area contributed by atoms with E-state index in [1.807, 2.05) is 30.3 Å². The van der Waals surface area contributed by atoms with Crippen molar-refractivity contribution in [2.24, 2.45) is 0 Å². The molecule has 0 saturated heterocycles. The van der Waals surface area contributed by atoms with Gasteiger partial charge in [-0.3, -0.25) is 10.2 Å². The van der Waals surface area contributed by atoms with Gasteiger partial charge >= 0.3 is 5.97 Å². The molecule has 7 heteroatoms. The van der Waals surface area contributed by atoms with E-state index in [9.17, 15) is 9.59 Å². The number of anilines is 1. The van der Waals surface area contributed by atoms with Crippen molar-refractivity contribution in [3.8, 4) is 0 Å². The van der Waals surface area contributed by atoms with Crippen LogP contribution in [0.15, 0.2) is 46.9 Å². The average Bonchev–Trinajstić information content (AvgIpc) is 3.15. The molecule has 0 bridgehead atoms. The Bertz CT molecular complexity index is 1420. The number of benzene rings is 2. The normalized spacial score (nSPS) is 13.2. The minimum atomic E-state index is -0.479. The number of hydrogen-bond donors (Lipinski definition) is 2. The van der Waals surface area contributed by atoms with Crippen molar-refractivity contribution in [3.05, 3.63) is 69.6 Å². The van der Waals surface area contributed by atoms with Gasteiger partial charge in [-0.15, -0.1) is 11.3 Å². The summed E-state index contributed by atoms with van der Waals surface area (Å²) in [7, 11) is 1.34. The molecule has 0 aliphatic heterocycles. The van der Waals surface area contributed by atoms with Gasteiger partial charge in [0.1, 0.15) is 16.1 Å². The van der Waals surface area contributed by atoms with Crippen LogP contribution in [0.3, 0.4) is 0 Å². The molecule has 0 saturated carbocycles. The van der Waals surface area contributed by atoms with Gasteiger partial charge in [-0.05, 0) is 54.2 Å². The van der Waals surface area contributed by atoms with Gasteiger partial charge in [-0.2, -0.15) is 0 Å². The van der Waals surface area contributed by atoms with Crippen molar-refractivity contribution in [2.45, 2.75) is 25.7 Å². The molecule has 0 atom stereocenters. The van der Waals surface area contributed by atoms with Crippen molar-refractivity contribution in [1.82, 2.24) is 0 Å². The minimum absolute atomic E-state index is 0.117. The number of esters is 1. The number of fused-ring (bicyclic) bond motifs is 4. The maximum absolute atomic E-state index is 13.2. The fourth-order valence-corrected chi connectivity index (χ4v) is 5.47. The first-order chi connectivity index (χ1) is 15.1. The van der Waals surface area contributed by atoms with Crippen molar-refractivity contribution >= 4 is 50.0 Å². The summed E-state index contributed by atoms with van der Waals surface area (Å²) in [6.07, 6.45) is 3.76. The number of carbonyl (C=O) groups is 2. The third-order valence-corrected chi connectivity index (χ3v) is 6.92. The summed E-state index contributed by atoms with van der Waals surface area (Å²) >= 11 is 1.42. The van der Waals surface area contributed by atoms with Crippen molar-refractivity contribution in [1.29, 1.82) is 5.41 Å². The number of ether oxygens (including phenoxy) is 1. The van der Waals surface area contributed by atoms with Crippen LogP contribution >= 0.6 is 11.3 Å². The number of carbonyl (C=O) groups excluding carboxylic acids is 2. The highest BCUT2D eigenvalue weighted by atomic mass is 32.1. The van der Waals surface area contributed by atoms with E-state index in [2.05, 4.69) is 5.32 Å². The van der Waals surface area contributed by atoms with E-state index in [1.54, 1.807) is 12.1 Å². The lowest BCUT2D eigenvalue weighted by atomic mass is 9.95. The van der Waals surface area contributed by atoms with Crippen LogP contribution in [0.4, 0.5) is 5.00 Å². The van der Waals surface area contributed by atoms with Gasteiger partial charge in [-0.25, -0.2) is 4.79 Å². The molecule has 0 spiro atoms. The highest BCUT2D eigenvalue weighted by Gasteiger charge is 2.27. The number of hydrogen-bond acceptors (Lipinski definition) is 6. The number of methoxy groups -OCH3 is 1. The van der Waals surface area contributed by atoms with Crippen molar-refractivity contribution in [3.63, 3.8) is 0 Å². The summed E-state index contributed by atoms with van der Waals surface area (Å²) < 4.78 is 10.6. The Morgan fingerprint density at radius 3 is 2.74 bits per heavy atom. The molecule has 1 aliphatic carbocycles. The highest BCUT2D eigenvalue weighted by Crippen LogP contribution is 2.38. The molecule has 0 fully saturated rings. The Hall–Kier alpha value is -3.45. The molecule has 2 aromatic carbocycles. The van der Waals surface area contributed by atoms with Crippen LogP contribution in [-0.2, 0) is 17.6 Å². The second kappa shape index (κ2) is 7.67. The first-order valence-electron chi connectivity index (χ1n) is 10.1. The zero-order valence-electron chi connectivity index (χ0n) is 16.9. The van der Waals surface area contributed by atoms with Crippen LogP contribution < -0.4 is 10.9 Å². The number of aryl methyl sites for hydroxylation is 1. The largest absolute Gasteiger partial charge is 0.465 e. The minimum Gasteiger partial charge on any atom is -0.465 e. The Morgan fingerprint density at radius 2 is 1.90 bits per heavy atom. The third kappa shape index (κ3) is 3.31. The topological polar surface area (TPSA) is 92.4 Å². The Morgan fingerprint density at radius 1 is 1.10 bits per heavy atom. The second-order valence-corrected chi connectivity index (χ2v) is 8.65. The molecule has 1 aliphatic rings.